The Morgan fingerprint density at radius 2 is 1.55 bits per heavy atom. The average Bonchev–Trinajstić information content (AvgIpc) is 3.33. The van der Waals surface area contributed by atoms with E-state index in [4.69, 9.17) is 0 Å². The Morgan fingerprint density at radius 1 is 0.875 bits per heavy atom. The van der Waals surface area contributed by atoms with E-state index in [1.807, 2.05) is 44.3 Å². The van der Waals surface area contributed by atoms with Crippen molar-refractivity contribution in [2.24, 2.45) is 4.99 Å². The van der Waals surface area contributed by atoms with Gasteiger partial charge in [-0.15, -0.1) is 0 Å². The zero-order valence-corrected chi connectivity index (χ0v) is 22.5. The molecule has 0 unspecified atom stereocenters. The van der Waals surface area contributed by atoms with E-state index in [9.17, 15) is 22.8 Å². The number of halogens is 3. The van der Waals surface area contributed by atoms with Gasteiger partial charge in [-0.2, -0.15) is 13.2 Å². The van der Waals surface area contributed by atoms with E-state index in [0.717, 1.165) is 33.9 Å². The molecule has 0 saturated carbocycles. The van der Waals surface area contributed by atoms with Gasteiger partial charge in [0.1, 0.15) is 5.71 Å². The van der Waals surface area contributed by atoms with Gasteiger partial charge in [-0.05, 0) is 72.6 Å². The third-order valence-corrected chi connectivity index (χ3v) is 7.31. The molecule has 0 aromatic heterocycles. The second kappa shape index (κ2) is 10.8. The number of hydrogen-bond acceptors (Lipinski definition) is 5. The molecule has 3 aromatic carbocycles. The number of carbonyl (C=O) groups is 2. The Bertz CT molecular complexity index is 1510. The van der Waals surface area contributed by atoms with Gasteiger partial charge < -0.3 is 20.4 Å². The Kier molecular flexibility index (Phi) is 7.37. The van der Waals surface area contributed by atoms with Gasteiger partial charge in [0.15, 0.2) is 5.78 Å². The molecule has 0 spiro atoms. The number of carbonyl (C=O) groups excluding carboxylic acids is 2. The Hall–Kier alpha value is -4.18. The number of piperazine rings is 1. The zero-order valence-electron chi connectivity index (χ0n) is 22.5. The number of urea groups is 1. The first-order valence-electron chi connectivity index (χ1n) is 13.0. The molecule has 5 rings (SSSR count). The minimum atomic E-state index is -4.56. The molecular formula is C30H30F3N5O2. The predicted molar refractivity (Wildman–Crippen MR) is 151 cm³/mol. The van der Waals surface area contributed by atoms with Crippen LogP contribution in [0.25, 0.3) is 11.1 Å². The lowest BCUT2D eigenvalue weighted by atomic mass is 9.95. The SMILES string of the molecule is CC(=O)C1=NCc2cc(-c3cc(NC(=O)Nc4ccc(N5CCN(C)CC5)c(C(F)(F)F)c4)ccc3C)ccc21. The molecule has 7 nitrogen and oxygen atoms in total. The van der Waals surface area contributed by atoms with Crippen LogP contribution in [0.15, 0.2) is 59.6 Å². The summed E-state index contributed by atoms with van der Waals surface area (Å²) in [6.07, 6.45) is -4.56. The number of nitrogens with zero attached hydrogens (tertiary/aromatic N) is 3. The summed E-state index contributed by atoms with van der Waals surface area (Å²) in [5.41, 5.74) is 4.92. The number of hydrogen-bond donors (Lipinski definition) is 2. The fourth-order valence-corrected chi connectivity index (χ4v) is 5.14. The van der Waals surface area contributed by atoms with Gasteiger partial charge in [0, 0.05) is 55.7 Å². The van der Waals surface area contributed by atoms with Crippen molar-refractivity contribution < 1.29 is 22.8 Å². The van der Waals surface area contributed by atoms with Gasteiger partial charge in [-0.25, -0.2) is 4.79 Å². The summed E-state index contributed by atoms with van der Waals surface area (Å²) < 4.78 is 41.8. The molecule has 2 N–H and O–H groups in total. The maximum Gasteiger partial charge on any atom is 0.418 e. The zero-order chi connectivity index (χ0) is 28.6. The van der Waals surface area contributed by atoms with Gasteiger partial charge in [0.2, 0.25) is 0 Å². The van der Waals surface area contributed by atoms with Crippen LogP contribution in [0.3, 0.4) is 0 Å². The molecule has 208 valence electrons. The van der Waals surface area contributed by atoms with E-state index in [1.165, 1.54) is 19.1 Å². The van der Waals surface area contributed by atoms with E-state index in [-0.39, 0.29) is 17.2 Å². The molecule has 2 aliphatic rings. The van der Waals surface area contributed by atoms with Crippen molar-refractivity contribution in [1.29, 1.82) is 0 Å². The van der Waals surface area contributed by atoms with Crippen LogP contribution >= 0.6 is 0 Å². The average molecular weight is 550 g/mol. The number of alkyl halides is 3. The molecule has 0 radical (unpaired) electrons. The predicted octanol–water partition coefficient (Wildman–Crippen LogP) is 5.97. The largest absolute Gasteiger partial charge is 0.418 e. The molecule has 0 bridgehead atoms. The summed E-state index contributed by atoms with van der Waals surface area (Å²) >= 11 is 0. The number of amides is 2. The maximum atomic E-state index is 13.9. The molecule has 1 saturated heterocycles. The van der Waals surface area contributed by atoms with Crippen molar-refractivity contribution in [2.45, 2.75) is 26.6 Å². The van der Waals surface area contributed by atoms with Gasteiger partial charge in [0.05, 0.1) is 12.1 Å². The number of nitrogens with one attached hydrogen (secondary N) is 2. The number of anilines is 3. The van der Waals surface area contributed by atoms with Crippen LogP contribution < -0.4 is 15.5 Å². The van der Waals surface area contributed by atoms with Gasteiger partial charge >= 0.3 is 12.2 Å². The van der Waals surface area contributed by atoms with Crippen molar-refractivity contribution in [3.63, 3.8) is 0 Å². The molecule has 3 aromatic rings. The third-order valence-electron chi connectivity index (χ3n) is 7.31. The van der Waals surface area contributed by atoms with E-state index in [2.05, 4.69) is 20.5 Å². The lowest BCUT2D eigenvalue weighted by Gasteiger charge is -2.35. The molecule has 0 aliphatic carbocycles. The summed E-state index contributed by atoms with van der Waals surface area (Å²) in [6.45, 7) is 6.23. The van der Waals surface area contributed by atoms with Crippen LogP contribution in [0.1, 0.15) is 29.2 Å². The lowest BCUT2D eigenvalue weighted by Crippen LogP contribution is -2.45. The van der Waals surface area contributed by atoms with E-state index < -0.39 is 17.8 Å². The number of Topliss-reactive ketones (excluding diaryl/α,β-unsaturated/α-hetero) is 1. The van der Waals surface area contributed by atoms with Crippen molar-refractivity contribution in [1.82, 2.24) is 4.90 Å². The number of rotatable bonds is 5. The van der Waals surface area contributed by atoms with Crippen molar-refractivity contribution >= 4 is 34.6 Å². The molecule has 2 amide bonds. The highest BCUT2D eigenvalue weighted by atomic mass is 19.4. The minimum Gasteiger partial charge on any atom is -0.368 e. The van der Waals surface area contributed by atoms with Crippen molar-refractivity contribution in [3.8, 4) is 11.1 Å². The van der Waals surface area contributed by atoms with Crippen LogP contribution in [0.4, 0.5) is 35.0 Å². The molecule has 1 fully saturated rings. The number of fused-ring (bicyclic) bond motifs is 1. The minimum absolute atomic E-state index is 0.0509. The second-order valence-electron chi connectivity index (χ2n) is 10.2. The normalized spacial score (nSPS) is 15.4. The van der Waals surface area contributed by atoms with E-state index >= 15 is 0 Å². The summed E-state index contributed by atoms with van der Waals surface area (Å²) in [6, 6.07) is 14.4. The number of aliphatic imine (C=N–C) groups is 1. The summed E-state index contributed by atoms with van der Waals surface area (Å²) in [7, 11) is 1.94. The molecule has 40 heavy (non-hydrogen) atoms. The van der Waals surface area contributed by atoms with Crippen LogP contribution in [-0.2, 0) is 17.5 Å². The van der Waals surface area contributed by atoms with E-state index in [0.29, 0.717) is 44.1 Å². The highest BCUT2D eigenvalue weighted by molar-refractivity contribution is 6.46. The number of ketones is 1. The maximum absolute atomic E-state index is 13.9. The standard InChI is InChI=1S/C30H30F3N5O2/c1-18-4-6-22(15-25(18)20-5-8-24-21(14-20)17-34-28(24)19(2)39)35-29(40)36-23-7-9-27(26(16-23)30(31,32)33)38-12-10-37(3)11-13-38/h4-9,14-16H,10-13,17H2,1-3H3,(H2,35,36,40). The first kappa shape index (κ1) is 27.4. The van der Waals surface area contributed by atoms with E-state index in [1.54, 1.807) is 11.0 Å². The molecule has 2 heterocycles. The third kappa shape index (κ3) is 5.72. The summed E-state index contributed by atoms with van der Waals surface area (Å²) in [4.78, 5) is 32.8. The fourth-order valence-electron chi connectivity index (χ4n) is 5.14. The Morgan fingerprint density at radius 3 is 2.23 bits per heavy atom. The summed E-state index contributed by atoms with van der Waals surface area (Å²) in [5.74, 6) is -0.0730. The van der Waals surface area contributed by atoms with Gasteiger partial charge in [-0.3, -0.25) is 9.79 Å². The molecule has 2 aliphatic heterocycles. The Labute approximate surface area is 230 Å². The highest BCUT2D eigenvalue weighted by Gasteiger charge is 2.36. The molecular weight excluding hydrogens is 519 g/mol. The van der Waals surface area contributed by atoms with Crippen molar-refractivity contribution in [2.75, 3.05) is 48.8 Å². The highest BCUT2D eigenvalue weighted by Crippen LogP contribution is 2.39. The summed E-state index contributed by atoms with van der Waals surface area (Å²) in [5, 5.41) is 5.27. The van der Waals surface area contributed by atoms with Gasteiger partial charge in [0.25, 0.3) is 0 Å². The second-order valence-corrected chi connectivity index (χ2v) is 10.2. The quantitative estimate of drug-likeness (QED) is 0.411. The topological polar surface area (TPSA) is 77.0 Å². The first-order valence-corrected chi connectivity index (χ1v) is 13.0. The fraction of sp³-hybridized carbons (Fsp3) is 0.300. The smallest absolute Gasteiger partial charge is 0.368 e. The number of likely N-dealkylation sites (N-methyl/N-ethyl adjacent to an activating group) is 1. The van der Waals surface area contributed by atoms with Crippen LogP contribution in [0.5, 0.6) is 0 Å². The van der Waals surface area contributed by atoms with Crippen LogP contribution in [0, 0.1) is 6.92 Å². The van der Waals surface area contributed by atoms with Crippen molar-refractivity contribution in [3.05, 3.63) is 76.9 Å². The van der Waals surface area contributed by atoms with Gasteiger partial charge in [-0.1, -0.05) is 18.2 Å². The first-order chi connectivity index (χ1) is 19.0. The lowest BCUT2D eigenvalue weighted by molar-refractivity contribution is -0.137. The number of aryl methyl sites for hydroxylation is 1. The molecule has 10 heteroatoms. The Balaban J connectivity index is 1.32. The van der Waals surface area contributed by atoms with Crippen LogP contribution in [0.2, 0.25) is 0 Å². The van der Waals surface area contributed by atoms with Crippen LogP contribution in [-0.4, -0.2) is 55.7 Å². The molecule has 0 atom stereocenters. The number of benzene rings is 3. The monoisotopic (exact) mass is 549 g/mol.